The minimum Gasteiger partial charge on any atom is -0.493 e. The lowest BCUT2D eigenvalue weighted by Gasteiger charge is -2.19. The number of ether oxygens (including phenoxy) is 3. The minimum absolute atomic E-state index is 0.0846. The number of methoxy groups -OCH3 is 3. The van der Waals surface area contributed by atoms with Crippen molar-refractivity contribution in [3.05, 3.63) is 47.5 Å². The fourth-order valence-electron chi connectivity index (χ4n) is 2.83. The van der Waals surface area contributed by atoms with Crippen molar-refractivity contribution in [2.75, 3.05) is 33.2 Å². The Morgan fingerprint density at radius 1 is 0.929 bits per heavy atom. The van der Waals surface area contributed by atoms with Gasteiger partial charge in [-0.25, -0.2) is 4.79 Å². The summed E-state index contributed by atoms with van der Waals surface area (Å²) in [4.78, 5) is 12.1. The lowest BCUT2D eigenvalue weighted by atomic mass is 9.87. The molecule has 6 heteroatoms. The van der Waals surface area contributed by atoms with Gasteiger partial charge in [0.25, 0.3) is 0 Å². The molecule has 2 aromatic carbocycles. The summed E-state index contributed by atoms with van der Waals surface area (Å²) in [6.07, 6.45) is 0.632. The Kier molecular flexibility index (Phi) is 7.15. The molecular weight excluding hydrogens is 356 g/mol. The summed E-state index contributed by atoms with van der Waals surface area (Å²) in [6.45, 7) is 6.95. The SMILES string of the molecule is COc1cc(CCNC(=O)Nc2ccc(C(C)(C)C)cc2)cc(OC)c1OC. The van der Waals surface area contributed by atoms with Gasteiger partial charge in [-0.1, -0.05) is 32.9 Å². The van der Waals surface area contributed by atoms with Gasteiger partial charge in [-0.2, -0.15) is 0 Å². The van der Waals surface area contributed by atoms with E-state index in [4.69, 9.17) is 14.2 Å². The molecule has 6 nitrogen and oxygen atoms in total. The first-order valence-corrected chi connectivity index (χ1v) is 9.22. The van der Waals surface area contributed by atoms with Gasteiger partial charge >= 0.3 is 6.03 Å². The number of hydrogen-bond donors (Lipinski definition) is 2. The van der Waals surface area contributed by atoms with Crippen molar-refractivity contribution in [3.63, 3.8) is 0 Å². The van der Waals surface area contributed by atoms with Crippen LogP contribution in [0.5, 0.6) is 17.2 Å². The monoisotopic (exact) mass is 386 g/mol. The first kappa shape index (κ1) is 21.4. The van der Waals surface area contributed by atoms with Crippen molar-refractivity contribution >= 4 is 11.7 Å². The van der Waals surface area contributed by atoms with Gasteiger partial charge in [0.05, 0.1) is 21.3 Å². The fourth-order valence-corrected chi connectivity index (χ4v) is 2.83. The number of hydrogen-bond acceptors (Lipinski definition) is 4. The number of amides is 2. The molecule has 0 aromatic heterocycles. The molecule has 0 radical (unpaired) electrons. The Hall–Kier alpha value is -2.89. The standard InChI is InChI=1S/C22H30N2O4/c1-22(2,3)16-7-9-17(10-8-16)24-21(25)23-12-11-15-13-18(26-4)20(28-6)19(14-15)27-5/h7-10,13-14H,11-12H2,1-6H3,(H2,23,24,25). The molecule has 0 heterocycles. The molecule has 2 N–H and O–H groups in total. The summed E-state index contributed by atoms with van der Waals surface area (Å²) in [6, 6.07) is 11.4. The Morgan fingerprint density at radius 3 is 1.96 bits per heavy atom. The zero-order valence-corrected chi connectivity index (χ0v) is 17.5. The predicted octanol–water partition coefficient (Wildman–Crippen LogP) is 4.37. The zero-order valence-electron chi connectivity index (χ0n) is 17.5. The highest BCUT2D eigenvalue weighted by Crippen LogP contribution is 2.38. The van der Waals surface area contributed by atoms with E-state index in [2.05, 4.69) is 31.4 Å². The third-order valence-electron chi connectivity index (χ3n) is 4.43. The molecule has 0 unspecified atom stereocenters. The Morgan fingerprint density at radius 2 is 1.50 bits per heavy atom. The second kappa shape index (κ2) is 9.35. The van der Waals surface area contributed by atoms with Crippen LogP contribution in [0.25, 0.3) is 0 Å². The van der Waals surface area contributed by atoms with Gasteiger partial charge in [0.2, 0.25) is 5.75 Å². The molecule has 2 aromatic rings. The van der Waals surface area contributed by atoms with E-state index < -0.39 is 0 Å². The van der Waals surface area contributed by atoms with Crippen molar-refractivity contribution in [1.29, 1.82) is 0 Å². The number of carbonyl (C=O) groups excluding carboxylic acids is 1. The van der Waals surface area contributed by atoms with Crippen LogP contribution in [-0.4, -0.2) is 33.9 Å². The predicted molar refractivity (Wildman–Crippen MR) is 112 cm³/mol. The lowest BCUT2D eigenvalue weighted by molar-refractivity contribution is 0.252. The number of urea groups is 1. The van der Waals surface area contributed by atoms with Crippen LogP contribution in [-0.2, 0) is 11.8 Å². The highest BCUT2D eigenvalue weighted by Gasteiger charge is 2.14. The molecule has 0 spiro atoms. The van der Waals surface area contributed by atoms with Gasteiger partial charge in [-0.3, -0.25) is 0 Å². The number of carbonyl (C=O) groups is 1. The molecule has 0 aliphatic carbocycles. The lowest BCUT2D eigenvalue weighted by Crippen LogP contribution is -2.30. The van der Waals surface area contributed by atoms with Crippen molar-refractivity contribution in [2.24, 2.45) is 0 Å². The van der Waals surface area contributed by atoms with E-state index in [0.717, 1.165) is 11.3 Å². The molecule has 0 aliphatic rings. The normalized spacial score (nSPS) is 10.9. The molecule has 0 aliphatic heterocycles. The van der Waals surface area contributed by atoms with Crippen LogP contribution in [0.1, 0.15) is 31.9 Å². The second-order valence-corrected chi connectivity index (χ2v) is 7.49. The molecule has 0 saturated carbocycles. The number of benzene rings is 2. The number of nitrogens with one attached hydrogen (secondary N) is 2. The molecule has 0 atom stereocenters. The van der Waals surface area contributed by atoms with Gasteiger partial charge < -0.3 is 24.8 Å². The topological polar surface area (TPSA) is 68.8 Å². The van der Waals surface area contributed by atoms with Gasteiger partial charge in [0.1, 0.15) is 0 Å². The first-order chi connectivity index (χ1) is 13.3. The molecular formula is C22H30N2O4. The third-order valence-corrected chi connectivity index (χ3v) is 4.43. The largest absolute Gasteiger partial charge is 0.493 e. The van der Waals surface area contributed by atoms with Crippen molar-refractivity contribution in [2.45, 2.75) is 32.6 Å². The molecule has 0 bridgehead atoms. The van der Waals surface area contributed by atoms with E-state index in [9.17, 15) is 4.79 Å². The smallest absolute Gasteiger partial charge is 0.319 e. The average Bonchev–Trinajstić information content (AvgIpc) is 2.66. The molecule has 0 saturated heterocycles. The van der Waals surface area contributed by atoms with E-state index in [0.29, 0.717) is 30.2 Å². The zero-order chi connectivity index (χ0) is 20.7. The van der Waals surface area contributed by atoms with Crippen LogP contribution >= 0.6 is 0 Å². The van der Waals surface area contributed by atoms with E-state index in [1.165, 1.54) is 5.56 Å². The summed E-state index contributed by atoms with van der Waals surface area (Å²) < 4.78 is 16.0. The van der Waals surface area contributed by atoms with Crippen LogP contribution in [0.2, 0.25) is 0 Å². The van der Waals surface area contributed by atoms with Crippen LogP contribution in [0, 0.1) is 0 Å². The summed E-state index contributed by atoms with van der Waals surface area (Å²) in [7, 11) is 4.73. The highest BCUT2D eigenvalue weighted by atomic mass is 16.5. The molecule has 0 fully saturated rings. The maximum atomic E-state index is 12.1. The van der Waals surface area contributed by atoms with Gasteiger partial charge in [-0.05, 0) is 47.2 Å². The van der Waals surface area contributed by atoms with Crippen LogP contribution in [0.15, 0.2) is 36.4 Å². The van der Waals surface area contributed by atoms with E-state index in [-0.39, 0.29) is 11.4 Å². The molecule has 152 valence electrons. The molecule has 2 amide bonds. The van der Waals surface area contributed by atoms with Crippen molar-refractivity contribution < 1.29 is 19.0 Å². The van der Waals surface area contributed by atoms with Gasteiger partial charge in [0, 0.05) is 12.2 Å². The maximum Gasteiger partial charge on any atom is 0.319 e. The van der Waals surface area contributed by atoms with E-state index in [1.54, 1.807) is 21.3 Å². The van der Waals surface area contributed by atoms with Gasteiger partial charge in [-0.15, -0.1) is 0 Å². The average molecular weight is 386 g/mol. The minimum atomic E-state index is -0.240. The summed E-state index contributed by atoms with van der Waals surface area (Å²) >= 11 is 0. The highest BCUT2D eigenvalue weighted by molar-refractivity contribution is 5.89. The summed E-state index contributed by atoms with van der Waals surface area (Å²) in [5.41, 5.74) is 3.05. The maximum absolute atomic E-state index is 12.1. The van der Waals surface area contributed by atoms with Gasteiger partial charge in [0.15, 0.2) is 11.5 Å². The van der Waals surface area contributed by atoms with E-state index in [1.807, 2.05) is 36.4 Å². The van der Waals surface area contributed by atoms with Crippen LogP contribution in [0.3, 0.4) is 0 Å². The Labute approximate surface area is 167 Å². The molecule has 2 rings (SSSR count). The number of rotatable bonds is 7. The fraction of sp³-hybridized carbons (Fsp3) is 0.409. The summed E-state index contributed by atoms with van der Waals surface area (Å²) in [5.74, 6) is 1.75. The third kappa shape index (κ3) is 5.55. The van der Waals surface area contributed by atoms with Crippen LogP contribution in [0.4, 0.5) is 10.5 Å². The second-order valence-electron chi connectivity index (χ2n) is 7.49. The Bertz CT molecular complexity index is 770. The van der Waals surface area contributed by atoms with Crippen molar-refractivity contribution in [3.8, 4) is 17.2 Å². The summed E-state index contributed by atoms with van der Waals surface area (Å²) in [5, 5.41) is 5.72. The first-order valence-electron chi connectivity index (χ1n) is 9.22. The van der Waals surface area contributed by atoms with Crippen LogP contribution < -0.4 is 24.8 Å². The Balaban J connectivity index is 1.92. The molecule has 28 heavy (non-hydrogen) atoms. The quantitative estimate of drug-likeness (QED) is 0.741. The van der Waals surface area contributed by atoms with E-state index >= 15 is 0 Å². The van der Waals surface area contributed by atoms with Crippen molar-refractivity contribution in [1.82, 2.24) is 5.32 Å². The number of anilines is 1.